The minimum Gasteiger partial charge on any atom is -0.478 e. The molecular weight excluding hydrogens is 378 g/mol. The monoisotopic (exact) mass is 397 g/mol. The Hall–Kier alpha value is -4.19. The maximum atomic E-state index is 12.1. The van der Waals surface area contributed by atoms with E-state index in [9.17, 15) is 9.59 Å². The van der Waals surface area contributed by atoms with Crippen molar-refractivity contribution in [3.05, 3.63) is 100 Å². The standard InChI is InChI=1S/C24H19N3O3/c1-2-15-3-7-17(8-4-15)19-11-12-20-21(13-19)26-24(30)27-22(20)25-14-16-5-9-18(10-6-16)23(28)29/h2-13H,1,14H2,(H,28,29)(H2,25,26,27,30). The van der Waals surface area contributed by atoms with Crippen molar-refractivity contribution in [2.24, 2.45) is 0 Å². The van der Waals surface area contributed by atoms with Crippen LogP contribution in [0.1, 0.15) is 21.5 Å². The number of aromatic nitrogens is 2. The lowest BCUT2D eigenvalue weighted by atomic mass is 10.0. The molecule has 0 saturated carbocycles. The van der Waals surface area contributed by atoms with Crippen LogP contribution in [0, 0.1) is 0 Å². The number of anilines is 1. The number of nitrogens with one attached hydrogen (secondary N) is 2. The first kappa shape index (κ1) is 19.1. The van der Waals surface area contributed by atoms with Crippen LogP contribution in [-0.4, -0.2) is 21.0 Å². The fraction of sp³-hybridized carbons (Fsp3) is 0.0417. The molecule has 4 aromatic rings. The van der Waals surface area contributed by atoms with E-state index >= 15 is 0 Å². The zero-order valence-corrected chi connectivity index (χ0v) is 16.1. The number of carboxylic acids is 1. The number of hydrogen-bond acceptors (Lipinski definition) is 4. The van der Waals surface area contributed by atoms with Gasteiger partial charge in [-0.3, -0.25) is 0 Å². The molecule has 0 aliphatic heterocycles. The smallest absolute Gasteiger partial charge is 0.347 e. The van der Waals surface area contributed by atoms with Gasteiger partial charge >= 0.3 is 11.7 Å². The fourth-order valence-electron chi connectivity index (χ4n) is 3.24. The van der Waals surface area contributed by atoms with Gasteiger partial charge in [0.25, 0.3) is 0 Å². The Morgan fingerprint density at radius 1 is 1.03 bits per heavy atom. The third kappa shape index (κ3) is 3.98. The van der Waals surface area contributed by atoms with Crippen molar-refractivity contribution in [1.29, 1.82) is 0 Å². The molecule has 1 heterocycles. The van der Waals surface area contributed by atoms with Gasteiger partial charge in [0.2, 0.25) is 0 Å². The average Bonchev–Trinajstić information content (AvgIpc) is 2.77. The maximum absolute atomic E-state index is 12.1. The summed E-state index contributed by atoms with van der Waals surface area (Å²) >= 11 is 0. The van der Waals surface area contributed by atoms with Crippen LogP contribution < -0.4 is 11.0 Å². The number of carboxylic acid groups (broad SMARTS) is 1. The van der Waals surface area contributed by atoms with E-state index in [0.717, 1.165) is 27.6 Å². The summed E-state index contributed by atoms with van der Waals surface area (Å²) in [5.74, 6) is -0.490. The lowest BCUT2D eigenvalue weighted by Crippen LogP contribution is -2.14. The quantitative estimate of drug-likeness (QED) is 0.444. The molecule has 0 saturated heterocycles. The van der Waals surface area contributed by atoms with Crippen LogP contribution in [0.3, 0.4) is 0 Å². The molecule has 1 aromatic heterocycles. The number of hydrogen-bond donors (Lipinski definition) is 3. The zero-order chi connectivity index (χ0) is 21.1. The molecule has 148 valence electrons. The molecule has 0 fully saturated rings. The van der Waals surface area contributed by atoms with Crippen LogP contribution in [-0.2, 0) is 6.54 Å². The number of benzene rings is 3. The van der Waals surface area contributed by atoms with Gasteiger partial charge in [-0.2, -0.15) is 4.98 Å². The molecular formula is C24H19N3O3. The number of rotatable bonds is 6. The van der Waals surface area contributed by atoms with Crippen LogP contribution >= 0.6 is 0 Å². The average molecular weight is 397 g/mol. The van der Waals surface area contributed by atoms with Crippen LogP contribution in [0.4, 0.5) is 5.82 Å². The van der Waals surface area contributed by atoms with Crippen LogP contribution in [0.5, 0.6) is 0 Å². The van der Waals surface area contributed by atoms with Gasteiger partial charge < -0.3 is 15.4 Å². The number of carbonyl (C=O) groups is 1. The predicted octanol–water partition coefficient (Wildman–Crippen LogP) is 4.54. The van der Waals surface area contributed by atoms with Crippen molar-refractivity contribution < 1.29 is 9.90 Å². The second-order valence-corrected chi connectivity index (χ2v) is 6.83. The summed E-state index contributed by atoms with van der Waals surface area (Å²) in [7, 11) is 0. The van der Waals surface area contributed by atoms with Crippen LogP contribution in [0.25, 0.3) is 28.1 Å². The van der Waals surface area contributed by atoms with Crippen molar-refractivity contribution in [3.63, 3.8) is 0 Å². The number of fused-ring (bicyclic) bond motifs is 1. The van der Waals surface area contributed by atoms with E-state index in [4.69, 9.17) is 5.11 Å². The highest BCUT2D eigenvalue weighted by atomic mass is 16.4. The lowest BCUT2D eigenvalue weighted by Gasteiger charge is -2.10. The van der Waals surface area contributed by atoms with Gasteiger partial charge in [-0.15, -0.1) is 0 Å². The number of aromatic amines is 1. The van der Waals surface area contributed by atoms with Gasteiger partial charge in [-0.25, -0.2) is 9.59 Å². The molecule has 0 unspecified atom stereocenters. The summed E-state index contributed by atoms with van der Waals surface area (Å²) in [4.78, 5) is 29.9. The molecule has 0 atom stereocenters. The molecule has 6 nitrogen and oxygen atoms in total. The third-order valence-electron chi connectivity index (χ3n) is 4.87. The van der Waals surface area contributed by atoms with Crippen molar-refractivity contribution >= 4 is 28.8 Å². The van der Waals surface area contributed by atoms with E-state index in [1.54, 1.807) is 30.3 Å². The highest BCUT2D eigenvalue weighted by Crippen LogP contribution is 2.26. The number of H-pyrrole nitrogens is 1. The third-order valence-corrected chi connectivity index (χ3v) is 4.87. The summed E-state index contributed by atoms with van der Waals surface area (Å²) in [5, 5.41) is 13.0. The molecule has 3 aromatic carbocycles. The number of nitrogens with zero attached hydrogens (tertiary/aromatic N) is 1. The summed E-state index contributed by atoms with van der Waals surface area (Å²) in [6.45, 7) is 4.18. The highest BCUT2D eigenvalue weighted by molar-refractivity contribution is 5.92. The van der Waals surface area contributed by atoms with Crippen molar-refractivity contribution in [2.75, 3.05) is 5.32 Å². The van der Waals surface area contributed by atoms with E-state index in [2.05, 4.69) is 21.9 Å². The molecule has 6 heteroatoms. The maximum Gasteiger partial charge on any atom is 0.347 e. The largest absolute Gasteiger partial charge is 0.478 e. The zero-order valence-electron chi connectivity index (χ0n) is 16.1. The minimum atomic E-state index is -0.966. The molecule has 0 radical (unpaired) electrons. The van der Waals surface area contributed by atoms with Gasteiger partial charge in [-0.05, 0) is 46.5 Å². The van der Waals surface area contributed by atoms with Crippen molar-refractivity contribution in [2.45, 2.75) is 6.54 Å². The van der Waals surface area contributed by atoms with Crippen molar-refractivity contribution in [1.82, 2.24) is 9.97 Å². The van der Waals surface area contributed by atoms with E-state index in [1.807, 2.05) is 42.5 Å². The van der Waals surface area contributed by atoms with E-state index < -0.39 is 11.7 Å². The van der Waals surface area contributed by atoms with Gasteiger partial charge in [0.15, 0.2) is 0 Å². The van der Waals surface area contributed by atoms with Crippen LogP contribution in [0.2, 0.25) is 0 Å². The normalized spacial score (nSPS) is 10.7. The molecule has 30 heavy (non-hydrogen) atoms. The topological polar surface area (TPSA) is 95.1 Å². The predicted molar refractivity (Wildman–Crippen MR) is 119 cm³/mol. The van der Waals surface area contributed by atoms with Crippen molar-refractivity contribution in [3.8, 4) is 11.1 Å². The number of aromatic carboxylic acids is 1. The highest BCUT2D eigenvalue weighted by Gasteiger charge is 2.08. The molecule has 3 N–H and O–H groups in total. The fourth-order valence-corrected chi connectivity index (χ4v) is 3.24. The Bertz CT molecular complexity index is 1290. The van der Waals surface area contributed by atoms with E-state index in [-0.39, 0.29) is 5.56 Å². The summed E-state index contributed by atoms with van der Waals surface area (Å²) in [5.41, 5.74) is 4.42. The molecule has 0 bridgehead atoms. The van der Waals surface area contributed by atoms with Gasteiger partial charge in [0.1, 0.15) is 5.82 Å². The van der Waals surface area contributed by atoms with Crippen LogP contribution in [0.15, 0.2) is 78.1 Å². The Balaban J connectivity index is 1.62. The van der Waals surface area contributed by atoms with Gasteiger partial charge in [-0.1, -0.05) is 55.1 Å². The first-order chi connectivity index (χ1) is 14.5. The summed E-state index contributed by atoms with van der Waals surface area (Å²) < 4.78 is 0. The molecule has 0 spiro atoms. The van der Waals surface area contributed by atoms with Gasteiger partial charge in [0, 0.05) is 11.9 Å². The first-order valence-electron chi connectivity index (χ1n) is 9.36. The Labute approximate surface area is 172 Å². The summed E-state index contributed by atoms with van der Waals surface area (Å²) in [6, 6.07) is 20.4. The second kappa shape index (κ2) is 8.05. The van der Waals surface area contributed by atoms with E-state index in [1.165, 1.54) is 0 Å². The minimum absolute atomic E-state index is 0.229. The SMILES string of the molecule is C=Cc1ccc(-c2ccc3c(NCc4ccc(C(=O)O)cc4)nc(=O)[nH]c3c2)cc1. The molecule has 0 aliphatic rings. The van der Waals surface area contributed by atoms with E-state index in [0.29, 0.717) is 17.9 Å². The lowest BCUT2D eigenvalue weighted by molar-refractivity contribution is 0.0697. The Morgan fingerprint density at radius 2 is 1.73 bits per heavy atom. The first-order valence-corrected chi connectivity index (χ1v) is 9.36. The second-order valence-electron chi connectivity index (χ2n) is 6.83. The molecule has 4 rings (SSSR count). The Morgan fingerprint density at radius 3 is 2.40 bits per heavy atom. The summed E-state index contributed by atoms with van der Waals surface area (Å²) in [6.07, 6.45) is 1.79. The Kier molecular flexibility index (Phi) is 5.13. The van der Waals surface area contributed by atoms with Gasteiger partial charge in [0.05, 0.1) is 11.1 Å². The molecule has 0 amide bonds. The molecule has 0 aliphatic carbocycles.